The fraction of sp³-hybridized carbons (Fsp3) is 0.500. The molecule has 1 aromatic carbocycles. The fourth-order valence-electron chi connectivity index (χ4n) is 2.93. The third kappa shape index (κ3) is 2.21. The summed E-state index contributed by atoms with van der Waals surface area (Å²) < 4.78 is 0. The molecule has 112 valence electrons. The maximum absolute atomic E-state index is 12.7. The van der Waals surface area contributed by atoms with Crippen molar-refractivity contribution in [2.75, 3.05) is 4.90 Å². The largest absolute Gasteiger partial charge is 0.390 e. The number of anilines is 1. The fourth-order valence-corrected chi connectivity index (χ4v) is 3.13. The molecule has 0 aliphatic carbocycles. The zero-order valence-corrected chi connectivity index (χ0v) is 13.4. The van der Waals surface area contributed by atoms with Crippen molar-refractivity contribution in [1.29, 1.82) is 5.26 Å². The smallest absolute Gasteiger partial charge is 0.235 e. The zero-order chi connectivity index (χ0) is 15.9. The van der Waals surface area contributed by atoms with Gasteiger partial charge in [-0.3, -0.25) is 4.79 Å². The van der Waals surface area contributed by atoms with Gasteiger partial charge in [-0.05, 0) is 44.9 Å². The molecule has 0 saturated carbocycles. The van der Waals surface area contributed by atoms with Crippen molar-refractivity contribution in [3.05, 3.63) is 28.3 Å². The summed E-state index contributed by atoms with van der Waals surface area (Å²) in [5, 5.41) is 19.8. The molecule has 1 heterocycles. The predicted molar refractivity (Wildman–Crippen MR) is 82.3 cm³/mol. The summed E-state index contributed by atoms with van der Waals surface area (Å²) in [7, 11) is 0. The summed E-state index contributed by atoms with van der Waals surface area (Å²) in [5.74, 6) is -0.120. The van der Waals surface area contributed by atoms with Gasteiger partial charge in [0.05, 0.1) is 28.1 Å². The van der Waals surface area contributed by atoms with E-state index in [9.17, 15) is 9.90 Å². The van der Waals surface area contributed by atoms with E-state index in [1.54, 1.807) is 37.8 Å². The molecular weight excluding hydrogens is 288 g/mol. The van der Waals surface area contributed by atoms with Gasteiger partial charge in [-0.1, -0.05) is 18.5 Å². The number of hydrogen-bond acceptors (Lipinski definition) is 3. The molecule has 0 spiro atoms. The Kier molecular flexibility index (Phi) is 4.01. The second-order valence-electron chi connectivity index (χ2n) is 6.00. The van der Waals surface area contributed by atoms with Crippen LogP contribution in [-0.4, -0.2) is 23.2 Å². The van der Waals surface area contributed by atoms with Crippen LogP contribution in [0.3, 0.4) is 0 Å². The molecule has 0 bridgehead atoms. The molecule has 1 aromatic rings. The van der Waals surface area contributed by atoms with Crippen LogP contribution in [0.2, 0.25) is 5.02 Å². The quantitative estimate of drug-likeness (QED) is 0.913. The van der Waals surface area contributed by atoms with Gasteiger partial charge in [0.2, 0.25) is 5.91 Å². The van der Waals surface area contributed by atoms with Crippen LogP contribution in [0, 0.1) is 23.7 Å². The molecule has 0 radical (unpaired) electrons. The van der Waals surface area contributed by atoms with Gasteiger partial charge in [-0.25, -0.2) is 0 Å². The molecule has 0 aromatic heterocycles. The second-order valence-corrected chi connectivity index (χ2v) is 6.38. The van der Waals surface area contributed by atoms with Crippen LogP contribution in [0.4, 0.5) is 5.69 Å². The van der Waals surface area contributed by atoms with Crippen molar-refractivity contribution in [2.24, 2.45) is 5.41 Å². The summed E-state index contributed by atoms with van der Waals surface area (Å²) >= 11 is 6.20. The Bertz CT molecular complexity index is 634. The summed E-state index contributed by atoms with van der Waals surface area (Å²) in [4.78, 5) is 14.3. The van der Waals surface area contributed by atoms with E-state index in [2.05, 4.69) is 0 Å². The topological polar surface area (TPSA) is 64.3 Å². The molecule has 5 heteroatoms. The summed E-state index contributed by atoms with van der Waals surface area (Å²) in [5.41, 5.74) is 0.915. The lowest BCUT2D eigenvalue weighted by atomic mass is 9.86. The molecule has 1 fully saturated rings. The monoisotopic (exact) mass is 306 g/mol. The number of carbonyl (C=O) groups is 1. The highest BCUT2D eigenvalue weighted by Crippen LogP contribution is 2.42. The highest BCUT2D eigenvalue weighted by atomic mass is 35.5. The van der Waals surface area contributed by atoms with E-state index in [-0.39, 0.29) is 11.9 Å². The number of halogens is 1. The highest BCUT2D eigenvalue weighted by molar-refractivity contribution is 6.33. The van der Waals surface area contributed by atoms with Gasteiger partial charge >= 0.3 is 0 Å². The molecule has 0 unspecified atom stereocenters. The maximum atomic E-state index is 12.7. The van der Waals surface area contributed by atoms with E-state index in [1.165, 1.54) is 0 Å². The molecule has 21 heavy (non-hydrogen) atoms. The first-order valence-electron chi connectivity index (χ1n) is 6.98. The lowest BCUT2D eigenvalue weighted by molar-refractivity contribution is -0.126. The summed E-state index contributed by atoms with van der Waals surface area (Å²) in [6, 6.07) is 5.09. The standard InChI is InChI=1S/C16H19ClN2O2/c1-5-11-14(20)16(3,4)15(21)19(11)12-7-6-10(8-18)13(17)9(12)2/h6-7,11,14,20H,5H2,1-4H3/t11-,14+/m1/s1. The van der Waals surface area contributed by atoms with Crippen molar-refractivity contribution in [1.82, 2.24) is 0 Å². The second kappa shape index (κ2) is 5.32. The number of aliphatic hydroxyl groups excluding tert-OH is 1. The number of nitriles is 1. The van der Waals surface area contributed by atoms with Gasteiger partial charge in [0.1, 0.15) is 6.07 Å². The van der Waals surface area contributed by atoms with Crippen LogP contribution < -0.4 is 4.90 Å². The number of hydrogen-bond donors (Lipinski definition) is 1. The Balaban J connectivity index is 2.59. The Morgan fingerprint density at radius 2 is 2.10 bits per heavy atom. The molecule has 2 rings (SSSR count). The van der Waals surface area contributed by atoms with E-state index in [1.807, 2.05) is 13.0 Å². The van der Waals surface area contributed by atoms with Crippen LogP contribution in [0.5, 0.6) is 0 Å². The molecule has 1 amide bonds. The number of aliphatic hydroxyl groups is 1. The van der Waals surface area contributed by atoms with E-state index >= 15 is 0 Å². The van der Waals surface area contributed by atoms with Crippen molar-refractivity contribution in [2.45, 2.75) is 46.3 Å². The zero-order valence-electron chi connectivity index (χ0n) is 12.6. The van der Waals surface area contributed by atoms with E-state index < -0.39 is 11.5 Å². The van der Waals surface area contributed by atoms with Crippen LogP contribution >= 0.6 is 11.6 Å². The van der Waals surface area contributed by atoms with Crippen molar-refractivity contribution in [3.8, 4) is 6.07 Å². The van der Waals surface area contributed by atoms with Crippen LogP contribution in [0.25, 0.3) is 0 Å². The first-order chi connectivity index (χ1) is 9.77. The average molecular weight is 307 g/mol. The minimum absolute atomic E-state index is 0.120. The van der Waals surface area contributed by atoms with E-state index in [0.29, 0.717) is 28.3 Å². The Morgan fingerprint density at radius 1 is 1.48 bits per heavy atom. The SMILES string of the molecule is CC[C@@H]1[C@H](O)C(C)(C)C(=O)N1c1ccc(C#N)c(Cl)c1C. The van der Waals surface area contributed by atoms with Crippen molar-refractivity contribution in [3.63, 3.8) is 0 Å². The van der Waals surface area contributed by atoms with Gasteiger partial charge in [-0.15, -0.1) is 0 Å². The van der Waals surface area contributed by atoms with Crippen molar-refractivity contribution < 1.29 is 9.90 Å². The predicted octanol–water partition coefficient (Wildman–Crippen LogP) is 3.03. The van der Waals surface area contributed by atoms with Crippen LogP contribution in [0.1, 0.15) is 38.3 Å². The first kappa shape index (κ1) is 15.8. The lowest BCUT2D eigenvalue weighted by Crippen LogP contribution is -2.37. The van der Waals surface area contributed by atoms with E-state index in [4.69, 9.17) is 16.9 Å². The third-order valence-electron chi connectivity index (χ3n) is 4.36. The van der Waals surface area contributed by atoms with Gasteiger partial charge in [-0.2, -0.15) is 5.26 Å². The molecular formula is C16H19ClN2O2. The molecule has 4 nitrogen and oxygen atoms in total. The minimum Gasteiger partial charge on any atom is -0.390 e. The molecule has 1 saturated heterocycles. The van der Waals surface area contributed by atoms with Crippen LogP contribution in [-0.2, 0) is 4.79 Å². The molecule has 1 aliphatic heterocycles. The normalized spacial score (nSPS) is 24.2. The van der Waals surface area contributed by atoms with Gasteiger partial charge in [0, 0.05) is 5.69 Å². The summed E-state index contributed by atoms with van der Waals surface area (Å²) in [6.45, 7) is 7.23. The third-order valence-corrected chi connectivity index (χ3v) is 4.85. The lowest BCUT2D eigenvalue weighted by Gasteiger charge is -2.27. The number of nitrogens with zero attached hydrogens (tertiary/aromatic N) is 2. The highest BCUT2D eigenvalue weighted by Gasteiger charge is 2.53. The first-order valence-corrected chi connectivity index (χ1v) is 7.36. The van der Waals surface area contributed by atoms with Gasteiger partial charge in [0.25, 0.3) is 0 Å². The average Bonchev–Trinajstić information content (AvgIpc) is 2.62. The molecule has 1 N–H and O–H groups in total. The van der Waals surface area contributed by atoms with Crippen LogP contribution in [0.15, 0.2) is 12.1 Å². The minimum atomic E-state index is -0.826. The van der Waals surface area contributed by atoms with E-state index in [0.717, 1.165) is 0 Å². The molecule has 1 aliphatic rings. The number of rotatable bonds is 2. The Hall–Kier alpha value is -1.57. The Morgan fingerprint density at radius 3 is 2.62 bits per heavy atom. The van der Waals surface area contributed by atoms with Crippen molar-refractivity contribution >= 4 is 23.2 Å². The number of benzene rings is 1. The maximum Gasteiger partial charge on any atom is 0.235 e. The summed E-state index contributed by atoms with van der Waals surface area (Å²) in [6.07, 6.45) is -0.0863. The van der Waals surface area contributed by atoms with Gasteiger partial charge < -0.3 is 10.0 Å². The number of carbonyl (C=O) groups excluding carboxylic acids is 1. The number of amides is 1. The molecule has 2 atom stereocenters. The Labute approximate surface area is 129 Å². The van der Waals surface area contributed by atoms with Gasteiger partial charge in [0.15, 0.2) is 0 Å².